The summed E-state index contributed by atoms with van der Waals surface area (Å²) in [7, 11) is 0. The quantitative estimate of drug-likeness (QED) is 0.592. The lowest BCUT2D eigenvalue weighted by molar-refractivity contribution is -0.140. The van der Waals surface area contributed by atoms with Crippen molar-refractivity contribution in [2.45, 2.75) is 44.2 Å². The highest BCUT2D eigenvalue weighted by Gasteiger charge is 2.21. The third-order valence-electron chi connectivity index (χ3n) is 4.70. The molecule has 0 bridgehead atoms. The molecule has 7 nitrogen and oxygen atoms in total. The van der Waals surface area contributed by atoms with Crippen LogP contribution in [-0.2, 0) is 16.0 Å². The van der Waals surface area contributed by atoms with Crippen molar-refractivity contribution in [1.82, 2.24) is 5.32 Å². The molecule has 0 spiro atoms. The van der Waals surface area contributed by atoms with Crippen LogP contribution in [0.2, 0.25) is 0 Å². The number of rotatable bonds is 6. The van der Waals surface area contributed by atoms with Gasteiger partial charge in [0.25, 0.3) is 5.91 Å². The van der Waals surface area contributed by atoms with Crippen molar-refractivity contribution in [2.75, 3.05) is 0 Å². The van der Waals surface area contributed by atoms with Gasteiger partial charge in [-0.15, -0.1) is 0 Å². The number of aliphatic carboxylic acids is 2. The van der Waals surface area contributed by atoms with Crippen LogP contribution < -0.4 is 11.1 Å². The number of benzene rings is 2. The van der Waals surface area contributed by atoms with Gasteiger partial charge in [0.1, 0.15) is 6.04 Å². The van der Waals surface area contributed by atoms with E-state index in [9.17, 15) is 14.4 Å². The van der Waals surface area contributed by atoms with Crippen molar-refractivity contribution in [3.8, 4) is 0 Å². The molecule has 1 amide bonds. The van der Waals surface area contributed by atoms with Crippen LogP contribution in [0.3, 0.4) is 0 Å². The highest BCUT2D eigenvalue weighted by Crippen LogP contribution is 2.26. The third-order valence-corrected chi connectivity index (χ3v) is 4.70. The van der Waals surface area contributed by atoms with E-state index in [-0.39, 0.29) is 12.8 Å². The van der Waals surface area contributed by atoms with Crippen LogP contribution >= 0.6 is 0 Å². The first-order chi connectivity index (χ1) is 13.9. The van der Waals surface area contributed by atoms with E-state index in [1.165, 1.54) is 24.0 Å². The number of aryl methyl sites for hydroxylation is 1. The van der Waals surface area contributed by atoms with Crippen molar-refractivity contribution in [2.24, 2.45) is 5.73 Å². The highest BCUT2D eigenvalue weighted by atomic mass is 16.4. The zero-order chi connectivity index (χ0) is 21.2. The standard InChI is InChI=1S/C12H13NO5.C10H13N/c14-10(15)7-6-9(12(17)18)13-11(16)8-4-2-1-3-5-8;11-10-7-3-5-8-4-1-2-6-9(8)10/h1-5,9H,6-7H2,(H,13,16)(H,14,15)(H,17,18);1-2,4,6,10H,3,5,7,11H2/t9-;10-/m10/s1. The number of nitrogens with two attached hydrogens (primary N) is 1. The first-order valence-electron chi connectivity index (χ1n) is 9.52. The molecule has 1 aliphatic rings. The molecular formula is C22H26N2O5. The molecule has 29 heavy (non-hydrogen) atoms. The van der Waals surface area contributed by atoms with Gasteiger partial charge in [0.2, 0.25) is 0 Å². The molecule has 0 saturated heterocycles. The second-order valence-electron chi connectivity index (χ2n) is 6.86. The number of nitrogens with one attached hydrogen (secondary N) is 1. The van der Waals surface area contributed by atoms with Gasteiger partial charge in [-0.1, -0.05) is 42.5 Å². The maximum absolute atomic E-state index is 11.7. The fraction of sp³-hybridized carbons (Fsp3) is 0.318. The second kappa shape index (κ2) is 11.0. The van der Waals surface area contributed by atoms with E-state index in [1.54, 1.807) is 30.3 Å². The van der Waals surface area contributed by atoms with Gasteiger partial charge in [0.15, 0.2) is 0 Å². The molecule has 7 heteroatoms. The number of fused-ring (bicyclic) bond motifs is 1. The van der Waals surface area contributed by atoms with Gasteiger partial charge >= 0.3 is 11.9 Å². The first kappa shape index (κ1) is 22.1. The summed E-state index contributed by atoms with van der Waals surface area (Å²) in [5.74, 6) is -2.89. The molecule has 1 aliphatic carbocycles. The maximum atomic E-state index is 11.7. The molecule has 3 rings (SSSR count). The fourth-order valence-electron chi connectivity index (χ4n) is 3.15. The van der Waals surface area contributed by atoms with Crippen molar-refractivity contribution in [3.63, 3.8) is 0 Å². The molecule has 154 valence electrons. The van der Waals surface area contributed by atoms with Crippen LogP contribution in [0, 0.1) is 0 Å². The Hall–Kier alpha value is -3.19. The molecule has 2 atom stereocenters. The van der Waals surface area contributed by atoms with E-state index in [0.29, 0.717) is 11.6 Å². The Labute approximate surface area is 169 Å². The minimum atomic E-state index is -1.25. The fourth-order valence-corrected chi connectivity index (χ4v) is 3.15. The van der Waals surface area contributed by atoms with Gasteiger partial charge < -0.3 is 21.3 Å². The molecule has 0 fully saturated rings. The number of hydrogen-bond donors (Lipinski definition) is 4. The number of hydrogen-bond acceptors (Lipinski definition) is 4. The lowest BCUT2D eigenvalue weighted by Crippen LogP contribution is -2.41. The summed E-state index contributed by atoms with van der Waals surface area (Å²) in [6.45, 7) is 0. The summed E-state index contributed by atoms with van der Waals surface area (Å²) in [5.41, 5.74) is 9.09. The van der Waals surface area contributed by atoms with Crippen LogP contribution in [0.15, 0.2) is 54.6 Å². The Morgan fingerprint density at radius 3 is 2.31 bits per heavy atom. The first-order valence-corrected chi connectivity index (χ1v) is 9.52. The number of carboxylic acids is 2. The average Bonchev–Trinajstić information content (AvgIpc) is 2.72. The largest absolute Gasteiger partial charge is 0.481 e. The molecular weight excluding hydrogens is 372 g/mol. The Morgan fingerprint density at radius 2 is 1.69 bits per heavy atom. The number of carbonyl (C=O) groups is 3. The van der Waals surface area contributed by atoms with Gasteiger partial charge in [-0.05, 0) is 48.9 Å². The SMILES string of the molecule is N[C@H]1CCCc2ccccc21.O=C(O)CC[C@@H](NC(=O)c1ccccc1)C(=O)O. The summed E-state index contributed by atoms with van der Waals surface area (Å²) < 4.78 is 0. The van der Waals surface area contributed by atoms with Gasteiger partial charge in [0, 0.05) is 18.0 Å². The van der Waals surface area contributed by atoms with Crippen molar-refractivity contribution in [3.05, 3.63) is 71.3 Å². The zero-order valence-electron chi connectivity index (χ0n) is 16.1. The molecule has 2 aromatic carbocycles. The summed E-state index contributed by atoms with van der Waals surface area (Å²) in [6, 6.07) is 15.7. The monoisotopic (exact) mass is 398 g/mol. The summed E-state index contributed by atoms with van der Waals surface area (Å²) in [5, 5.41) is 19.7. The van der Waals surface area contributed by atoms with Crippen LogP contribution in [0.25, 0.3) is 0 Å². The van der Waals surface area contributed by atoms with Crippen LogP contribution in [0.4, 0.5) is 0 Å². The Kier molecular flexibility index (Phi) is 8.36. The lowest BCUT2D eigenvalue weighted by atomic mass is 9.88. The van der Waals surface area contributed by atoms with Gasteiger partial charge in [0.05, 0.1) is 0 Å². The summed E-state index contributed by atoms with van der Waals surface area (Å²) in [4.78, 5) is 32.9. The van der Waals surface area contributed by atoms with E-state index in [4.69, 9.17) is 15.9 Å². The predicted octanol–water partition coefficient (Wildman–Crippen LogP) is 2.76. The lowest BCUT2D eigenvalue weighted by Gasteiger charge is -2.21. The molecule has 0 saturated carbocycles. The molecule has 0 unspecified atom stereocenters. The van der Waals surface area contributed by atoms with Crippen molar-refractivity contribution in [1.29, 1.82) is 0 Å². The van der Waals surface area contributed by atoms with Crippen LogP contribution in [-0.4, -0.2) is 34.1 Å². The van der Waals surface area contributed by atoms with Gasteiger partial charge in [-0.3, -0.25) is 9.59 Å². The molecule has 5 N–H and O–H groups in total. The minimum absolute atomic E-state index is 0.150. The molecule has 0 radical (unpaired) electrons. The Morgan fingerprint density at radius 1 is 1.03 bits per heavy atom. The van der Waals surface area contributed by atoms with Gasteiger partial charge in [-0.25, -0.2) is 4.79 Å². The Balaban J connectivity index is 0.000000230. The average molecular weight is 398 g/mol. The smallest absolute Gasteiger partial charge is 0.326 e. The van der Waals surface area contributed by atoms with Crippen LogP contribution in [0.1, 0.15) is 53.2 Å². The number of carbonyl (C=O) groups excluding carboxylic acids is 1. The third kappa shape index (κ3) is 7.04. The summed E-state index contributed by atoms with van der Waals surface area (Å²) in [6.07, 6.45) is 3.15. The second-order valence-corrected chi connectivity index (χ2v) is 6.86. The van der Waals surface area contributed by atoms with E-state index >= 15 is 0 Å². The van der Waals surface area contributed by atoms with E-state index < -0.39 is 23.9 Å². The number of carboxylic acid groups (broad SMARTS) is 2. The molecule has 2 aromatic rings. The predicted molar refractivity (Wildman–Crippen MR) is 109 cm³/mol. The van der Waals surface area contributed by atoms with Crippen molar-refractivity contribution < 1.29 is 24.6 Å². The minimum Gasteiger partial charge on any atom is -0.481 e. The highest BCUT2D eigenvalue weighted by molar-refractivity contribution is 5.96. The van der Waals surface area contributed by atoms with E-state index in [1.807, 2.05) is 0 Å². The Bertz CT molecular complexity index is 838. The van der Waals surface area contributed by atoms with E-state index in [0.717, 1.165) is 6.42 Å². The molecule has 0 aromatic heterocycles. The topological polar surface area (TPSA) is 130 Å². The molecule has 0 heterocycles. The van der Waals surface area contributed by atoms with Crippen molar-refractivity contribution >= 4 is 17.8 Å². The normalized spacial score (nSPS) is 15.8. The van der Waals surface area contributed by atoms with E-state index in [2.05, 4.69) is 29.6 Å². The van der Waals surface area contributed by atoms with Crippen LogP contribution in [0.5, 0.6) is 0 Å². The van der Waals surface area contributed by atoms with Gasteiger partial charge in [-0.2, -0.15) is 0 Å². The molecule has 0 aliphatic heterocycles. The zero-order valence-corrected chi connectivity index (χ0v) is 16.1. The summed E-state index contributed by atoms with van der Waals surface area (Å²) >= 11 is 0. The maximum Gasteiger partial charge on any atom is 0.326 e. The number of amides is 1.